The molecule has 1 aromatic carbocycles. The van der Waals surface area contributed by atoms with Crippen molar-refractivity contribution in [1.29, 1.82) is 0 Å². The van der Waals surface area contributed by atoms with E-state index in [1.54, 1.807) is 18.2 Å². The third-order valence-electron chi connectivity index (χ3n) is 3.31. The molecule has 0 aliphatic heterocycles. The van der Waals surface area contributed by atoms with Gasteiger partial charge in [0.2, 0.25) is 5.89 Å². The van der Waals surface area contributed by atoms with E-state index in [0.29, 0.717) is 28.2 Å². The predicted molar refractivity (Wildman–Crippen MR) is 78.0 cm³/mol. The lowest BCUT2D eigenvalue weighted by atomic mass is 10.1. The van der Waals surface area contributed by atoms with Crippen molar-refractivity contribution in [1.82, 2.24) is 10.1 Å². The van der Waals surface area contributed by atoms with Crippen LogP contribution in [0.5, 0.6) is 0 Å². The Morgan fingerprint density at radius 3 is 2.65 bits per heavy atom. The Bertz CT molecular complexity index is 633. The molecule has 4 nitrogen and oxygen atoms in total. The van der Waals surface area contributed by atoms with Gasteiger partial charge in [0.15, 0.2) is 5.82 Å². The minimum atomic E-state index is 0.0633. The second-order valence-corrected chi connectivity index (χ2v) is 5.63. The molecular weight excluding hydrogens is 297 g/mol. The van der Waals surface area contributed by atoms with E-state index in [-0.39, 0.29) is 12.0 Å². The Balaban J connectivity index is 1.79. The number of hydrogen-bond donors (Lipinski definition) is 1. The lowest BCUT2D eigenvalue weighted by Gasteiger charge is -2.03. The van der Waals surface area contributed by atoms with E-state index < -0.39 is 0 Å². The first-order chi connectivity index (χ1) is 9.63. The highest BCUT2D eigenvalue weighted by Gasteiger charge is 2.23. The first kappa shape index (κ1) is 13.6. The van der Waals surface area contributed by atoms with Crippen LogP contribution in [-0.4, -0.2) is 16.2 Å². The van der Waals surface area contributed by atoms with E-state index in [9.17, 15) is 0 Å². The Hall–Kier alpha value is -1.36. The van der Waals surface area contributed by atoms with Gasteiger partial charge in [-0.2, -0.15) is 4.98 Å². The van der Waals surface area contributed by atoms with Crippen LogP contribution in [-0.2, 0) is 6.42 Å². The fourth-order valence-corrected chi connectivity index (χ4v) is 2.79. The highest BCUT2D eigenvalue weighted by molar-refractivity contribution is 6.36. The van der Waals surface area contributed by atoms with Gasteiger partial charge < -0.3 is 10.3 Å². The van der Waals surface area contributed by atoms with E-state index in [1.807, 2.05) is 12.2 Å². The summed E-state index contributed by atoms with van der Waals surface area (Å²) < 4.78 is 5.29. The van der Waals surface area contributed by atoms with Gasteiger partial charge in [0.25, 0.3) is 0 Å². The second kappa shape index (κ2) is 5.56. The fraction of sp³-hybridized carbons (Fsp3) is 0.286. The number of halogens is 2. The number of nitrogens with two attached hydrogens (primary N) is 1. The van der Waals surface area contributed by atoms with Crippen molar-refractivity contribution in [2.45, 2.75) is 24.8 Å². The number of benzene rings is 1. The van der Waals surface area contributed by atoms with Gasteiger partial charge in [-0.25, -0.2) is 0 Å². The van der Waals surface area contributed by atoms with Gasteiger partial charge in [-0.3, -0.25) is 0 Å². The summed E-state index contributed by atoms with van der Waals surface area (Å²) in [5, 5.41) is 5.19. The molecule has 1 aliphatic carbocycles. The van der Waals surface area contributed by atoms with Gasteiger partial charge in [-0.15, -0.1) is 0 Å². The zero-order valence-electron chi connectivity index (χ0n) is 10.6. The van der Waals surface area contributed by atoms with E-state index in [2.05, 4.69) is 10.1 Å². The van der Waals surface area contributed by atoms with Crippen molar-refractivity contribution in [2.75, 3.05) is 0 Å². The van der Waals surface area contributed by atoms with Gasteiger partial charge in [0.05, 0.1) is 5.92 Å². The Morgan fingerprint density at radius 2 is 2.00 bits per heavy atom. The first-order valence-electron chi connectivity index (χ1n) is 6.33. The highest BCUT2D eigenvalue weighted by atomic mass is 35.5. The summed E-state index contributed by atoms with van der Waals surface area (Å²) in [5.74, 6) is 1.27. The molecule has 0 fully saturated rings. The van der Waals surface area contributed by atoms with E-state index in [4.69, 9.17) is 33.5 Å². The zero-order valence-corrected chi connectivity index (χ0v) is 12.1. The van der Waals surface area contributed by atoms with Crippen LogP contribution < -0.4 is 5.73 Å². The Labute approximate surface area is 126 Å². The van der Waals surface area contributed by atoms with Crippen molar-refractivity contribution in [2.24, 2.45) is 5.73 Å². The summed E-state index contributed by atoms with van der Waals surface area (Å²) in [6, 6.07) is 5.46. The maximum absolute atomic E-state index is 6.13. The summed E-state index contributed by atoms with van der Waals surface area (Å²) in [5.41, 5.74) is 6.63. The van der Waals surface area contributed by atoms with Gasteiger partial charge in [0.1, 0.15) is 0 Å². The molecule has 0 amide bonds. The van der Waals surface area contributed by atoms with Crippen LogP contribution >= 0.6 is 23.2 Å². The molecule has 1 aromatic heterocycles. The summed E-state index contributed by atoms with van der Waals surface area (Å²) in [4.78, 5) is 4.40. The largest absolute Gasteiger partial charge is 0.339 e. The average Bonchev–Trinajstić information content (AvgIpc) is 3.03. The van der Waals surface area contributed by atoms with Crippen LogP contribution in [0.2, 0.25) is 10.0 Å². The molecule has 2 unspecified atom stereocenters. The fourth-order valence-electron chi connectivity index (χ4n) is 2.26. The minimum absolute atomic E-state index is 0.0633. The van der Waals surface area contributed by atoms with Crippen LogP contribution in [0.25, 0.3) is 0 Å². The molecule has 3 rings (SSSR count). The van der Waals surface area contributed by atoms with E-state index in [1.165, 1.54) is 0 Å². The summed E-state index contributed by atoms with van der Waals surface area (Å²) in [6.07, 6.45) is 5.21. The van der Waals surface area contributed by atoms with Gasteiger partial charge in [-0.1, -0.05) is 46.6 Å². The van der Waals surface area contributed by atoms with Gasteiger partial charge in [0, 0.05) is 22.5 Å². The highest BCUT2D eigenvalue weighted by Crippen LogP contribution is 2.29. The lowest BCUT2D eigenvalue weighted by molar-refractivity contribution is 0.360. The molecule has 2 N–H and O–H groups in total. The van der Waals surface area contributed by atoms with Crippen LogP contribution in [0, 0.1) is 0 Å². The number of allylic oxidation sites excluding steroid dienone is 1. The standard InChI is InChI=1S/C14H13Cl2N3O/c15-11-2-1-3-12(16)10(11)7-13-18-14(20-19-13)8-4-5-9(17)6-8/h1-5,8-9H,6-7,17H2. The molecule has 1 heterocycles. The summed E-state index contributed by atoms with van der Waals surface area (Å²) in [6.45, 7) is 0. The van der Waals surface area contributed by atoms with Crippen LogP contribution in [0.15, 0.2) is 34.9 Å². The third-order valence-corrected chi connectivity index (χ3v) is 4.02. The third kappa shape index (κ3) is 2.73. The number of aromatic nitrogens is 2. The van der Waals surface area contributed by atoms with Crippen LogP contribution in [0.1, 0.15) is 29.6 Å². The SMILES string of the molecule is NC1C=CC(c2nc(Cc3c(Cl)cccc3Cl)no2)C1. The predicted octanol–water partition coefficient (Wildman–Crippen LogP) is 3.34. The lowest BCUT2D eigenvalue weighted by Crippen LogP contribution is -2.14. The molecule has 0 radical (unpaired) electrons. The zero-order chi connectivity index (χ0) is 14.1. The second-order valence-electron chi connectivity index (χ2n) is 4.82. The molecule has 0 spiro atoms. The van der Waals surface area contributed by atoms with Gasteiger partial charge >= 0.3 is 0 Å². The number of hydrogen-bond acceptors (Lipinski definition) is 4. The maximum atomic E-state index is 6.13. The van der Waals surface area contributed by atoms with Crippen molar-refractivity contribution in [3.8, 4) is 0 Å². The monoisotopic (exact) mass is 309 g/mol. The molecule has 2 atom stereocenters. The van der Waals surface area contributed by atoms with Crippen molar-refractivity contribution >= 4 is 23.2 Å². The van der Waals surface area contributed by atoms with Crippen LogP contribution in [0.3, 0.4) is 0 Å². The molecule has 20 heavy (non-hydrogen) atoms. The van der Waals surface area contributed by atoms with Gasteiger partial charge in [-0.05, 0) is 24.1 Å². The maximum Gasteiger partial charge on any atom is 0.233 e. The van der Waals surface area contributed by atoms with E-state index in [0.717, 1.165) is 12.0 Å². The Kier molecular flexibility index (Phi) is 3.78. The smallest absolute Gasteiger partial charge is 0.233 e. The van der Waals surface area contributed by atoms with E-state index >= 15 is 0 Å². The molecule has 0 saturated heterocycles. The van der Waals surface area contributed by atoms with Crippen LogP contribution in [0.4, 0.5) is 0 Å². The van der Waals surface area contributed by atoms with Crippen molar-refractivity contribution < 1.29 is 4.52 Å². The minimum Gasteiger partial charge on any atom is -0.339 e. The summed E-state index contributed by atoms with van der Waals surface area (Å²) >= 11 is 12.3. The molecule has 0 saturated carbocycles. The molecule has 6 heteroatoms. The molecular formula is C14H13Cl2N3O. The molecule has 0 bridgehead atoms. The number of nitrogens with zero attached hydrogens (tertiary/aromatic N) is 2. The summed E-state index contributed by atoms with van der Waals surface area (Å²) in [7, 11) is 0. The normalized spacial score (nSPS) is 21.6. The topological polar surface area (TPSA) is 64.9 Å². The molecule has 104 valence electrons. The Morgan fingerprint density at radius 1 is 1.25 bits per heavy atom. The molecule has 2 aromatic rings. The molecule has 1 aliphatic rings. The average molecular weight is 310 g/mol. The number of rotatable bonds is 3. The quantitative estimate of drug-likeness (QED) is 0.883. The van der Waals surface area contributed by atoms with Crippen molar-refractivity contribution in [3.63, 3.8) is 0 Å². The first-order valence-corrected chi connectivity index (χ1v) is 7.08. The van der Waals surface area contributed by atoms with Crippen molar-refractivity contribution in [3.05, 3.63) is 57.7 Å².